The molecular weight excluding hydrogens is 496 g/mol. The van der Waals surface area contributed by atoms with Crippen LogP contribution in [-0.4, -0.2) is 35.4 Å². The number of hydrogen-bond acceptors (Lipinski definition) is 4. The first-order valence-electron chi connectivity index (χ1n) is 14.1. The molecule has 1 aliphatic rings. The largest absolute Gasteiger partial charge is 0.372 e. The zero-order valence-electron chi connectivity index (χ0n) is 23.5. The summed E-state index contributed by atoms with van der Waals surface area (Å²) in [6.07, 6.45) is 2.99. The number of aromatic amines is 1. The van der Waals surface area contributed by atoms with Gasteiger partial charge in [0.25, 0.3) is 0 Å². The summed E-state index contributed by atoms with van der Waals surface area (Å²) in [6.45, 7) is 8.27. The van der Waals surface area contributed by atoms with Crippen molar-refractivity contribution in [1.82, 2.24) is 4.98 Å². The first kappa shape index (κ1) is 27.3. The minimum atomic E-state index is -0.0875. The van der Waals surface area contributed by atoms with Crippen LogP contribution in [0.25, 0.3) is 0 Å². The molecule has 0 radical (unpaired) electrons. The van der Waals surface area contributed by atoms with Crippen LogP contribution in [0, 0.1) is 19.8 Å². The molecule has 5 rings (SSSR count). The Morgan fingerprint density at radius 3 is 1.73 bits per heavy atom. The third-order valence-electron chi connectivity index (χ3n) is 7.95. The van der Waals surface area contributed by atoms with Gasteiger partial charge in [0.2, 0.25) is 0 Å². The molecule has 0 amide bonds. The SMILES string of the molecule is Cc1cc(C(=O)Cc2ccc(C(=O)c3ccc(CC(=O)c4ccc(N5CCC(C)CC5)cc4)cc3)cc2)c(C)[nH]1. The number of nitrogens with zero attached hydrogens (tertiary/aromatic N) is 1. The molecule has 0 spiro atoms. The Morgan fingerprint density at radius 2 is 1.23 bits per heavy atom. The first-order chi connectivity index (χ1) is 19.3. The molecule has 40 heavy (non-hydrogen) atoms. The smallest absolute Gasteiger partial charge is 0.193 e. The summed E-state index contributed by atoms with van der Waals surface area (Å²) in [5.41, 5.74) is 7.31. The van der Waals surface area contributed by atoms with Crippen molar-refractivity contribution in [2.75, 3.05) is 18.0 Å². The van der Waals surface area contributed by atoms with Crippen molar-refractivity contribution in [3.8, 4) is 0 Å². The third-order valence-corrected chi connectivity index (χ3v) is 7.95. The fourth-order valence-electron chi connectivity index (χ4n) is 5.42. The Balaban J connectivity index is 1.17. The van der Waals surface area contributed by atoms with Crippen LogP contribution in [0.2, 0.25) is 0 Å². The minimum Gasteiger partial charge on any atom is -0.372 e. The second-order valence-electron chi connectivity index (χ2n) is 11.1. The molecule has 2 heterocycles. The molecule has 5 nitrogen and oxygen atoms in total. The second kappa shape index (κ2) is 11.9. The molecule has 1 fully saturated rings. The number of aromatic nitrogens is 1. The van der Waals surface area contributed by atoms with Crippen molar-refractivity contribution >= 4 is 23.0 Å². The van der Waals surface area contributed by atoms with Crippen molar-refractivity contribution in [2.24, 2.45) is 5.92 Å². The van der Waals surface area contributed by atoms with Crippen molar-refractivity contribution in [2.45, 2.75) is 46.5 Å². The average Bonchev–Trinajstić information content (AvgIpc) is 3.31. The molecule has 0 bridgehead atoms. The van der Waals surface area contributed by atoms with E-state index in [2.05, 4.69) is 28.9 Å². The van der Waals surface area contributed by atoms with Gasteiger partial charge >= 0.3 is 0 Å². The van der Waals surface area contributed by atoms with E-state index in [1.54, 1.807) is 24.3 Å². The van der Waals surface area contributed by atoms with Gasteiger partial charge in [-0.15, -0.1) is 0 Å². The molecular formula is C35H36N2O3. The maximum Gasteiger partial charge on any atom is 0.193 e. The van der Waals surface area contributed by atoms with Crippen LogP contribution < -0.4 is 4.90 Å². The number of carbonyl (C=O) groups excluding carboxylic acids is 3. The van der Waals surface area contributed by atoms with Gasteiger partial charge in [0.1, 0.15) is 0 Å². The maximum absolute atomic E-state index is 13.0. The number of anilines is 1. The Hall–Kier alpha value is -4.25. The number of nitrogens with one attached hydrogen (secondary N) is 1. The van der Waals surface area contributed by atoms with E-state index in [4.69, 9.17) is 0 Å². The third kappa shape index (κ3) is 6.31. The second-order valence-corrected chi connectivity index (χ2v) is 11.1. The summed E-state index contributed by atoms with van der Waals surface area (Å²) in [7, 11) is 0. The molecule has 0 aliphatic carbocycles. The standard InChI is InChI=1S/C35H36N2O3/c1-23-16-18-37(19-17-23)31-14-12-28(13-15-31)33(38)21-26-4-8-29(9-5-26)35(40)30-10-6-27(7-11-30)22-34(39)32-20-24(2)36-25(32)3/h4-15,20,23,36H,16-19,21-22H2,1-3H3. The molecule has 0 unspecified atom stereocenters. The Labute approximate surface area is 236 Å². The summed E-state index contributed by atoms with van der Waals surface area (Å²) in [5.74, 6) is 0.813. The van der Waals surface area contributed by atoms with Gasteiger partial charge in [-0.25, -0.2) is 0 Å². The summed E-state index contributed by atoms with van der Waals surface area (Å²) in [6, 6.07) is 24.3. The van der Waals surface area contributed by atoms with E-state index < -0.39 is 0 Å². The summed E-state index contributed by atoms with van der Waals surface area (Å²) in [4.78, 5) is 44.2. The van der Waals surface area contributed by atoms with Gasteiger partial charge in [-0.05, 0) is 74.1 Å². The number of aryl methyl sites for hydroxylation is 2. The van der Waals surface area contributed by atoms with Crippen LogP contribution in [0.5, 0.6) is 0 Å². The van der Waals surface area contributed by atoms with Gasteiger partial charge < -0.3 is 9.88 Å². The first-order valence-corrected chi connectivity index (χ1v) is 14.1. The minimum absolute atomic E-state index is 0.0543. The van der Waals surface area contributed by atoms with Gasteiger partial charge in [0.05, 0.1) is 0 Å². The van der Waals surface area contributed by atoms with Gasteiger partial charge in [0, 0.05) is 65.3 Å². The molecule has 0 atom stereocenters. The molecule has 204 valence electrons. The number of Topliss-reactive ketones (excluding diaryl/α,β-unsaturated/α-hetero) is 2. The van der Waals surface area contributed by atoms with E-state index in [0.29, 0.717) is 22.3 Å². The number of rotatable bonds is 9. The Morgan fingerprint density at radius 1 is 0.725 bits per heavy atom. The molecule has 1 saturated heterocycles. The monoisotopic (exact) mass is 532 g/mol. The van der Waals surface area contributed by atoms with Crippen LogP contribution in [0.4, 0.5) is 5.69 Å². The highest BCUT2D eigenvalue weighted by Crippen LogP contribution is 2.24. The fourth-order valence-corrected chi connectivity index (χ4v) is 5.42. The quantitative estimate of drug-likeness (QED) is 0.237. The van der Waals surface area contributed by atoms with E-state index in [0.717, 1.165) is 41.5 Å². The predicted octanol–water partition coefficient (Wildman–Crippen LogP) is 6.95. The lowest BCUT2D eigenvalue weighted by Gasteiger charge is -2.32. The lowest BCUT2D eigenvalue weighted by Crippen LogP contribution is -2.32. The molecule has 0 saturated carbocycles. The van der Waals surface area contributed by atoms with Crippen molar-refractivity contribution in [3.05, 3.63) is 124 Å². The van der Waals surface area contributed by atoms with E-state index in [-0.39, 0.29) is 30.2 Å². The number of carbonyl (C=O) groups is 3. The summed E-state index contributed by atoms with van der Waals surface area (Å²) >= 11 is 0. The summed E-state index contributed by atoms with van der Waals surface area (Å²) < 4.78 is 0. The fraction of sp³-hybridized carbons (Fsp3) is 0.286. The van der Waals surface area contributed by atoms with Gasteiger partial charge in [-0.2, -0.15) is 0 Å². The van der Waals surface area contributed by atoms with Crippen LogP contribution in [0.15, 0.2) is 78.9 Å². The zero-order valence-corrected chi connectivity index (χ0v) is 23.5. The van der Waals surface area contributed by atoms with E-state index in [1.807, 2.05) is 56.3 Å². The molecule has 1 N–H and O–H groups in total. The van der Waals surface area contributed by atoms with Crippen LogP contribution in [-0.2, 0) is 12.8 Å². The molecule has 3 aromatic carbocycles. The highest BCUT2D eigenvalue weighted by atomic mass is 16.1. The van der Waals surface area contributed by atoms with Gasteiger partial charge in [-0.3, -0.25) is 14.4 Å². The van der Waals surface area contributed by atoms with Crippen LogP contribution in [0.1, 0.15) is 78.9 Å². The van der Waals surface area contributed by atoms with Crippen molar-refractivity contribution < 1.29 is 14.4 Å². The lowest BCUT2D eigenvalue weighted by molar-refractivity contribution is 0.0984. The van der Waals surface area contributed by atoms with Gasteiger partial charge in [0.15, 0.2) is 17.3 Å². The Kier molecular flexibility index (Phi) is 8.11. The highest BCUT2D eigenvalue weighted by Gasteiger charge is 2.17. The number of piperidine rings is 1. The topological polar surface area (TPSA) is 70.2 Å². The lowest BCUT2D eigenvalue weighted by atomic mass is 9.97. The van der Waals surface area contributed by atoms with E-state index in [1.165, 1.54) is 18.5 Å². The number of H-pyrrole nitrogens is 1. The zero-order chi connectivity index (χ0) is 28.2. The van der Waals surface area contributed by atoms with E-state index in [9.17, 15) is 14.4 Å². The normalized spacial score (nSPS) is 13.8. The number of benzene rings is 3. The molecule has 4 aromatic rings. The number of ketones is 3. The molecule has 5 heteroatoms. The average molecular weight is 533 g/mol. The van der Waals surface area contributed by atoms with Crippen LogP contribution in [0.3, 0.4) is 0 Å². The van der Waals surface area contributed by atoms with Crippen molar-refractivity contribution in [1.29, 1.82) is 0 Å². The van der Waals surface area contributed by atoms with Crippen LogP contribution >= 0.6 is 0 Å². The predicted molar refractivity (Wildman–Crippen MR) is 160 cm³/mol. The van der Waals surface area contributed by atoms with E-state index >= 15 is 0 Å². The molecule has 1 aromatic heterocycles. The van der Waals surface area contributed by atoms with Gasteiger partial charge in [-0.1, -0.05) is 55.5 Å². The summed E-state index contributed by atoms with van der Waals surface area (Å²) in [5, 5.41) is 0. The number of hydrogen-bond donors (Lipinski definition) is 1. The van der Waals surface area contributed by atoms with Crippen molar-refractivity contribution in [3.63, 3.8) is 0 Å². The maximum atomic E-state index is 13.0. The molecule has 1 aliphatic heterocycles. The highest BCUT2D eigenvalue weighted by molar-refractivity contribution is 6.09. The Bertz CT molecular complexity index is 1500.